The van der Waals surface area contributed by atoms with E-state index in [1.54, 1.807) is 0 Å². The Morgan fingerprint density at radius 3 is 1.77 bits per heavy atom. The summed E-state index contributed by atoms with van der Waals surface area (Å²) in [6.45, 7) is 0. The topological polar surface area (TPSA) is 26.3 Å². The van der Waals surface area contributed by atoms with Crippen molar-refractivity contribution in [2.75, 3.05) is 0 Å². The molecule has 0 N–H and O–H groups in total. The molecule has 160 valence electrons. The Morgan fingerprint density at radius 2 is 1.16 bits per heavy atom. The first kappa shape index (κ1) is 21.4. The molecule has 0 radical (unpaired) electrons. The molecule has 0 amide bonds. The van der Waals surface area contributed by atoms with Crippen molar-refractivity contribution in [3.63, 3.8) is 0 Å². The van der Waals surface area contributed by atoms with Crippen molar-refractivity contribution >= 4 is 5.97 Å². The Kier molecular flexibility index (Phi) is 7.55. The third kappa shape index (κ3) is 6.55. The van der Waals surface area contributed by atoms with Crippen molar-refractivity contribution in [2.45, 2.75) is 51.4 Å². The number of aryl methyl sites for hydroxylation is 3. The van der Waals surface area contributed by atoms with Gasteiger partial charge in [-0.25, -0.2) is 0 Å². The largest absolute Gasteiger partial charge is 0.426 e. The molecule has 1 aliphatic carbocycles. The predicted octanol–water partition coefficient (Wildman–Crippen LogP) is 6.82. The number of rotatable bonds is 8. The van der Waals surface area contributed by atoms with Gasteiger partial charge in [0.1, 0.15) is 5.75 Å². The predicted molar refractivity (Wildman–Crippen MR) is 126 cm³/mol. The molecule has 1 aliphatic rings. The Balaban J connectivity index is 1.17. The third-order valence-electron chi connectivity index (χ3n) is 6.55. The average Bonchev–Trinajstić information content (AvgIpc) is 2.84. The summed E-state index contributed by atoms with van der Waals surface area (Å²) in [5.74, 6) is 1.37. The van der Waals surface area contributed by atoms with Gasteiger partial charge in [0.25, 0.3) is 0 Å². The molecule has 0 atom stereocenters. The van der Waals surface area contributed by atoms with Crippen molar-refractivity contribution in [3.05, 3.63) is 102 Å². The van der Waals surface area contributed by atoms with Crippen LogP contribution in [-0.4, -0.2) is 5.97 Å². The minimum Gasteiger partial charge on any atom is -0.426 e. The van der Waals surface area contributed by atoms with Crippen molar-refractivity contribution in [3.8, 4) is 5.75 Å². The quantitative estimate of drug-likeness (QED) is 0.300. The number of carbonyl (C=O) groups is 1. The molecule has 0 spiro atoms. The van der Waals surface area contributed by atoms with Crippen LogP contribution in [0.4, 0.5) is 0 Å². The fourth-order valence-electron chi connectivity index (χ4n) is 4.55. The third-order valence-corrected chi connectivity index (χ3v) is 6.55. The van der Waals surface area contributed by atoms with E-state index in [2.05, 4.69) is 54.6 Å². The van der Waals surface area contributed by atoms with Gasteiger partial charge in [0.15, 0.2) is 0 Å². The summed E-state index contributed by atoms with van der Waals surface area (Å²) in [7, 11) is 0. The normalized spacial score (nSPS) is 18.5. The Bertz CT molecular complexity index is 923. The smallest absolute Gasteiger partial charge is 0.314 e. The molecule has 31 heavy (non-hydrogen) atoms. The number of hydrogen-bond donors (Lipinski definition) is 0. The van der Waals surface area contributed by atoms with Crippen LogP contribution in [0.2, 0.25) is 0 Å². The van der Waals surface area contributed by atoms with Gasteiger partial charge < -0.3 is 4.74 Å². The zero-order chi connectivity index (χ0) is 21.3. The zero-order valence-corrected chi connectivity index (χ0v) is 18.2. The summed E-state index contributed by atoms with van der Waals surface area (Å²) in [6.07, 6.45) is 8.69. The molecule has 3 aromatic rings. The molecule has 3 aromatic carbocycles. The highest BCUT2D eigenvalue weighted by Gasteiger charge is 2.27. The lowest BCUT2D eigenvalue weighted by molar-refractivity contribution is -0.140. The molecule has 4 rings (SSSR count). The fraction of sp³-hybridized carbons (Fsp3) is 0.345. The molecular weight excluding hydrogens is 380 g/mol. The molecule has 0 unspecified atom stereocenters. The van der Waals surface area contributed by atoms with Gasteiger partial charge in [-0.3, -0.25) is 4.79 Å². The van der Waals surface area contributed by atoms with Crippen LogP contribution in [0, 0.1) is 11.8 Å². The van der Waals surface area contributed by atoms with Gasteiger partial charge in [-0.2, -0.15) is 0 Å². The van der Waals surface area contributed by atoms with Crippen LogP contribution >= 0.6 is 0 Å². The summed E-state index contributed by atoms with van der Waals surface area (Å²) in [4.78, 5) is 12.4. The molecule has 0 saturated heterocycles. The van der Waals surface area contributed by atoms with Gasteiger partial charge >= 0.3 is 5.97 Å². The molecule has 0 aromatic heterocycles. The number of benzene rings is 3. The monoisotopic (exact) mass is 412 g/mol. The van der Waals surface area contributed by atoms with E-state index in [1.165, 1.54) is 23.1 Å². The second-order valence-electron chi connectivity index (χ2n) is 8.79. The molecule has 1 fully saturated rings. The van der Waals surface area contributed by atoms with Crippen molar-refractivity contribution in [1.82, 2.24) is 0 Å². The van der Waals surface area contributed by atoms with Crippen molar-refractivity contribution in [1.29, 1.82) is 0 Å². The first-order chi connectivity index (χ1) is 15.3. The summed E-state index contributed by atoms with van der Waals surface area (Å²) in [5.41, 5.74) is 4.23. The second-order valence-corrected chi connectivity index (χ2v) is 8.79. The standard InChI is InChI=1S/C29H32O2/c30-29(31-28-9-5-2-6-10-28)27-21-19-26(20-22-27)18-17-25-15-13-24(14-16-25)12-11-23-7-3-1-4-8-23/h1-10,13-16,26-27H,11-12,17-22H2. The van der Waals surface area contributed by atoms with Crippen LogP contribution in [0.15, 0.2) is 84.9 Å². The van der Waals surface area contributed by atoms with E-state index in [0.29, 0.717) is 5.75 Å². The van der Waals surface area contributed by atoms with E-state index in [9.17, 15) is 4.79 Å². The van der Waals surface area contributed by atoms with Gasteiger partial charge in [-0.1, -0.05) is 72.8 Å². The van der Waals surface area contributed by atoms with Gasteiger partial charge in [0.05, 0.1) is 5.92 Å². The van der Waals surface area contributed by atoms with E-state index in [4.69, 9.17) is 4.74 Å². The highest BCUT2D eigenvalue weighted by molar-refractivity contribution is 5.75. The SMILES string of the molecule is O=C(Oc1ccccc1)C1CCC(CCc2ccc(CCc3ccccc3)cc2)CC1. The molecule has 0 bridgehead atoms. The van der Waals surface area contributed by atoms with Gasteiger partial charge in [-0.05, 0) is 86.1 Å². The number of carbonyl (C=O) groups excluding carboxylic acids is 1. The second kappa shape index (κ2) is 10.9. The fourth-order valence-corrected chi connectivity index (χ4v) is 4.55. The van der Waals surface area contributed by atoms with Gasteiger partial charge in [-0.15, -0.1) is 0 Å². The maximum atomic E-state index is 12.4. The Morgan fingerprint density at radius 1 is 0.645 bits per heavy atom. The Hall–Kier alpha value is -2.87. The molecule has 2 nitrogen and oxygen atoms in total. The first-order valence-electron chi connectivity index (χ1n) is 11.6. The van der Waals surface area contributed by atoms with Crippen LogP contribution in [0.25, 0.3) is 0 Å². The van der Waals surface area contributed by atoms with Crippen LogP contribution < -0.4 is 4.74 Å². The van der Waals surface area contributed by atoms with E-state index < -0.39 is 0 Å². The highest BCUT2D eigenvalue weighted by atomic mass is 16.5. The summed E-state index contributed by atoms with van der Waals surface area (Å²) in [5, 5.41) is 0. The lowest BCUT2D eigenvalue weighted by Crippen LogP contribution is -2.25. The van der Waals surface area contributed by atoms with Crippen molar-refractivity contribution < 1.29 is 9.53 Å². The van der Waals surface area contributed by atoms with E-state index in [0.717, 1.165) is 50.9 Å². The van der Waals surface area contributed by atoms with Crippen LogP contribution in [-0.2, 0) is 24.1 Å². The number of ether oxygens (including phenoxy) is 1. The maximum Gasteiger partial charge on any atom is 0.314 e. The summed E-state index contributed by atoms with van der Waals surface area (Å²) in [6, 6.07) is 29.3. The molecule has 0 heterocycles. The maximum absolute atomic E-state index is 12.4. The molecule has 1 saturated carbocycles. The first-order valence-corrected chi connectivity index (χ1v) is 11.6. The minimum absolute atomic E-state index is 0.0559. The summed E-state index contributed by atoms with van der Waals surface area (Å²) < 4.78 is 5.54. The van der Waals surface area contributed by atoms with Crippen molar-refractivity contribution in [2.24, 2.45) is 11.8 Å². The van der Waals surface area contributed by atoms with E-state index >= 15 is 0 Å². The number of hydrogen-bond acceptors (Lipinski definition) is 2. The molecule has 0 aliphatic heterocycles. The highest BCUT2D eigenvalue weighted by Crippen LogP contribution is 2.32. The molecular formula is C29H32O2. The van der Waals surface area contributed by atoms with Gasteiger partial charge in [0, 0.05) is 0 Å². The van der Waals surface area contributed by atoms with E-state index in [-0.39, 0.29) is 11.9 Å². The summed E-state index contributed by atoms with van der Waals surface area (Å²) >= 11 is 0. The molecule has 2 heteroatoms. The number of esters is 1. The van der Waals surface area contributed by atoms with Crippen LogP contribution in [0.5, 0.6) is 5.75 Å². The number of para-hydroxylation sites is 1. The van der Waals surface area contributed by atoms with E-state index in [1.807, 2.05) is 30.3 Å². The van der Waals surface area contributed by atoms with Crippen LogP contribution in [0.1, 0.15) is 48.8 Å². The minimum atomic E-state index is -0.0595. The lowest BCUT2D eigenvalue weighted by Gasteiger charge is -2.27. The lowest BCUT2D eigenvalue weighted by atomic mass is 9.79. The van der Waals surface area contributed by atoms with Gasteiger partial charge in [0.2, 0.25) is 0 Å². The average molecular weight is 413 g/mol. The zero-order valence-electron chi connectivity index (χ0n) is 18.2. The van der Waals surface area contributed by atoms with Crippen LogP contribution in [0.3, 0.4) is 0 Å². The Labute approximate surface area is 186 Å².